The lowest BCUT2D eigenvalue weighted by atomic mass is 9.95. The van der Waals surface area contributed by atoms with Crippen LogP contribution in [-0.4, -0.2) is 38.0 Å². The second-order valence-corrected chi connectivity index (χ2v) is 8.05. The highest BCUT2D eigenvalue weighted by Gasteiger charge is 2.35. The van der Waals surface area contributed by atoms with Crippen molar-refractivity contribution in [2.75, 3.05) is 11.9 Å². The van der Waals surface area contributed by atoms with Crippen LogP contribution in [0.4, 0.5) is 10.1 Å². The van der Waals surface area contributed by atoms with Crippen LogP contribution in [-0.2, 0) is 29.6 Å². The van der Waals surface area contributed by atoms with Crippen LogP contribution in [0.25, 0.3) is 10.9 Å². The standard InChI is InChI=1S/C24H22FN5O2/c1-29-12-16-13-30(22(31)10-15-11-26-20-8-4-2-6-17(15)20)14-18(23(16)28-29)24(32)27-21-9-5-3-7-19(21)25/h2-9,11-12,18,26H,10,13-14H2,1H3,(H,27,32)/t18-/m1/s1. The van der Waals surface area contributed by atoms with Crippen LogP contribution in [0.1, 0.15) is 22.7 Å². The van der Waals surface area contributed by atoms with Gasteiger partial charge in [-0.3, -0.25) is 14.3 Å². The number of fused-ring (bicyclic) bond motifs is 2. The van der Waals surface area contributed by atoms with E-state index in [4.69, 9.17) is 0 Å². The topological polar surface area (TPSA) is 83.0 Å². The maximum absolute atomic E-state index is 14.1. The van der Waals surface area contributed by atoms with E-state index in [-0.39, 0.29) is 30.5 Å². The molecule has 0 bridgehead atoms. The lowest BCUT2D eigenvalue weighted by Gasteiger charge is -2.31. The van der Waals surface area contributed by atoms with Gasteiger partial charge in [-0.2, -0.15) is 5.10 Å². The Balaban J connectivity index is 1.39. The third kappa shape index (κ3) is 3.64. The van der Waals surface area contributed by atoms with E-state index < -0.39 is 11.7 Å². The average molecular weight is 431 g/mol. The van der Waals surface area contributed by atoms with Gasteiger partial charge in [0.2, 0.25) is 11.8 Å². The fourth-order valence-corrected chi connectivity index (χ4v) is 4.28. The number of halogens is 1. The molecule has 8 heteroatoms. The van der Waals surface area contributed by atoms with Gasteiger partial charge in [-0.05, 0) is 23.8 Å². The monoisotopic (exact) mass is 431 g/mol. The summed E-state index contributed by atoms with van der Waals surface area (Å²) in [5.41, 5.74) is 3.44. The Morgan fingerprint density at radius 2 is 1.97 bits per heavy atom. The fourth-order valence-electron chi connectivity index (χ4n) is 4.28. The van der Waals surface area contributed by atoms with Gasteiger partial charge < -0.3 is 15.2 Å². The van der Waals surface area contributed by atoms with Gasteiger partial charge >= 0.3 is 0 Å². The summed E-state index contributed by atoms with van der Waals surface area (Å²) < 4.78 is 15.7. The molecule has 7 nitrogen and oxygen atoms in total. The van der Waals surface area contributed by atoms with Gasteiger partial charge in [-0.1, -0.05) is 30.3 Å². The molecule has 0 saturated heterocycles. The predicted molar refractivity (Wildman–Crippen MR) is 118 cm³/mol. The van der Waals surface area contributed by atoms with E-state index in [0.29, 0.717) is 12.2 Å². The lowest BCUT2D eigenvalue weighted by Crippen LogP contribution is -2.42. The van der Waals surface area contributed by atoms with E-state index in [1.165, 1.54) is 12.1 Å². The van der Waals surface area contributed by atoms with Crippen LogP contribution < -0.4 is 5.32 Å². The van der Waals surface area contributed by atoms with Crippen LogP contribution >= 0.6 is 0 Å². The molecular formula is C24H22FN5O2. The molecule has 0 spiro atoms. The minimum Gasteiger partial charge on any atom is -0.361 e. The maximum atomic E-state index is 14.1. The van der Waals surface area contributed by atoms with Crippen molar-refractivity contribution in [3.63, 3.8) is 0 Å². The number of carbonyl (C=O) groups is 2. The highest BCUT2D eigenvalue weighted by molar-refractivity contribution is 5.97. The molecule has 0 aliphatic carbocycles. The van der Waals surface area contributed by atoms with Crippen LogP contribution in [0.15, 0.2) is 60.9 Å². The normalized spacial score (nSPS) is 15.6. The zero-order valence-corrected chi connectivity index (χ0v) is 17.5. The van der Waals surface area contributed by atoms with Gasteiger partial charge in [0.25, 0.3) is 0 Å². The molecule has 2 aromatic heterocycles. The van der Waals surface area contributed by atoms with Crippen molar-refractivity contribution in [2.24, 2.45) is 7.05 Å². The van der Waals surface area contributed by atoms with Crippen molar-refractivity contribution in [3.05, 3.63) is 83.6 Å². The number of benzene rings is 2. The zero-order valence-electron chi connectivity index (χ0n) is 17.5. The molecule has 1 aliphatic heterocycles. The molecule has 0 fully saturated rings. The predicted octanol–water partition coefficient (Wildman–Crippen LogP) is 3.35. The molecule has 2 N–H and O–H groups in total. The first-order valence-corrected chi connectivity index (χ1v) is 10.4. The summed E-state index contributed by atoms with van der Waals surface area (Å²) in [4.78, 5) is 31.2. The third-order valence-electron chi connectivity index (χ3n) is 5.85. The van der Waals surface area contributed by atoms with Gasteiger partial charge in [0.15, 0.2) is 0 Å². The molecule has 4 aromatic rings. The summed E-state index contributed by atoms with van der Waals surface area (Å²) in [5.74, 6) is -1.66. The number of rotatable bonds is 4. The van der Waals surface area contributed by atoms with Gasteiger partial charge in [-0.15, -0.1) is 0 Å². The molecular weight excluding hydrogens is 409 g/mol. The van der Waals surface area contributed by atoms with E-state index in [2.05, 4.69) is 15.4 Å². The summed E-state index contributed by atoms with van der Waals surface area (Å²) in [6.45, 7) is 0.569. The number of aromatic amines is 1. The molecule has 32 heavy (non-hydrogen) atoms. The number of aromatic nitrogens is 3. The second kappa shape index (κ2) is 7.96. The Labute approximate surface area is 183 Å². The number of hydrogen-bond donors (Lipinski definition) is 2. The molecule has 0 radical (unpaired) electrons. The van der Waals surface area contributed by atoms with Gasteiger partial charge in [0.05, 0.1) is 17.8 Å². The van der Waals surface area contributed by atoms with Gasteiger partial charge in [-0.25, -0.2) is 4.39 Å². The molecule has 0 saturated carbocycles. The first-order valence-electron chi connectivity index (χ1n) is 10.4. The quantitative estimate of drug-likeness (QED) is 0.520. The summed E-state index contributed by atoms with van der Waals surface area (Å²) in [6, 6.07) is 13.9. The van der Waals surface area contributed by atoms with Gasteiger partial charge in [0, 0.05) is 49.0 Å². The molecule has 2 aromatic carbocycles. The largest absolute Gasteiger partial charge is 0.361 e. The highest BCUT2D eigenvalue weighted by atomic mass is 19.1. The van der Waals surface area contributed by atoms with E-state index >= 15 is 0 Å². The van der Waals surface area contributed by atoms with Crippen LogP contribution in [0, 0.1) is 5.82 Å². The molecule has 0 unspecified atom stereocenters. The minimum absolute atomic E-state index is 0.0760. The maximum Gasteiger partial charge on any atom is 0.235 e. The van der Waals surface area contributed by atoms with Crippen molar-refractivity contribution in [1.29, 1.82) is 0 Å². The summed E-state index contributed by atoms with van der Waals surface area (Å²) in [5, 5.41) is 8.11. The Hall–Kier alpha value is -3.94. The number of amides is 2. The van der Waals surface area contributed by atoms with Crippen molar-refractivity contribution < 1.29 is 14.0 Å². The first kappa shape index (κ1) is 20.0. The number of carbonyl (C=O) groups excluding carboxylic acids is 2. The second-order valence-electron chi connectivity index (χ2n) is 8.05. The number of para-hydroxylation sites is 2. The van der Waals surface area contributed by atoms with Crippen molar-refractivity contribution in [1.82, 2.24) is 19.7 Å². The van der Waals surface area contributed by atoms with Crippen molar-refractivity contribution in [3.8, 4) is 0 Å². The Morgan fingerprint density at radius 3 is 2.81 bits per heavy atom. The van der Waals surface area contributed by atoms with Gasteiger partial charge in [0.1, 0.15) is 11.7 Å². The van der Waals surface area contributed by atoms with E-state index in [1.54, 1.807) is 28.8 Å². The smallest absolute Gasteiger partial charge is 0.235 e. The summed E-state index contributed by atoms with van der Waals surface area (Å²) >= 11 is 0. The van der Waals surface area contributed by atoms with Crippen LogP contribution in [0.5, 0.6) is 0 Å². The minimum atomic E-state index is -0.688. The van der Waals surface area contributed by atoms with E-state index in [0.717, 1.165) is 22.0 Å². The van der Waals surface area contributed by atoms with Crippen molar-refractivity contribution in [2.45, 2.75) is 18.9 Å². The lowest BCUT2D eigenvalue weighted by molar-refractivity contribution is -0.132. The fraction of sp³-hybridized carbons (Fsp3) is 0.208. The van der Waals surface area contributed by atoms with Crippen molar-refractivity contribution >= 4 is 28.4 Å². The number of H-pyrrole nitrogens is 1. The number of nitrogens with one attached hydrogen (secondary N) is 2. The first-order chi connectivity index (χ1) is 15.5. The number of aryl methyl sites for hydroxylation is 1. The number of anilines is 1. The van der Waals surface area contributed by atoms with E-state index in [1.807, 2.05) is 36.7 Å². The summed E-state index contributed by atoms with van der Waals surface area (Å²) in [7, 11) is 1.78. The highest BCUT2D eigenvalue weighted by Crippen LogP contribution is 2.29. The Bertz CT molecular complexity index is 1320. The Morgan fingerprint density at radius 1 is 1.19 bits per heavy atom. The molecule has 1 aliphatic rings. The summed E-state index contributed by atoms with van der Waals surface area (Å²) in [6.07, 6.45) is 3.90. The molecule has 1 atom stereocenters. The van der Waals surface area contributed by atoms with Crippen LogP contribution in [0.3, 0.4) is 0 Å². The molecule has 5 rings (SSSR count). The zero-order chi connectivity index (χ0) is 22.2. The van der Waals surface area contributed by atoms with E-state index in [9.17, 15) is 14.0 Å². The average Bonchev–Trinajstić information content (AvgIpc) is 3.37. The Kier molecular flexibility index (Phi) is 4.97. The van der Waals surface area contributed by atoms with Crippen LogP contribution in [0.2, 0.25) is 0 Å². The SMILES string of the molecule is Cn1cc2c(n1)[C@H](C(=O)Nc1ccccc1F)CN(C(=O)Cc1c[nH]c3ccccc13)C2. The number of nitrogens with zero attached hydrogens (tertiary/aromatic N) is 3. The number of hydrogen-bond acceptors (Lipinski definition) is 3. The molecule has 2 amide bonds. The third-order valence-corrected chi connectivity index (χ3v) is 5.85. The molecule has 162 valence electrons. The molecule has 3 heterocycles.